The van der Waals surface area contributed by atoms with Crippen molar-refractivity contribution < 1.29 is 14.0 Å². The van der Waals surface area contributed by atoms with Crippen LogP contribution in [0.5, 0.6) is 0 Å². The van der Waals surface area contributed by atoms with Crippen LogP contribution in [0.4, 0.5) is 10.1 Å². The Hall–Kier alpha value is -2.37. The lowest BCUT2D eigenvalue weighted by atomic mass is 9.96. The lowest BCUT2D eigenvalue weighted by Gasteiger charge is -2.31. The van der Waals surface area contributed by atoms with Crippen molar-refractivity contribution in [2.24, 2.45) is 11.8 Å². The number of nitrogens with one attached hydrogen (secondary N) is 1. The van der Waals surface area contributed by atoms with E-state index in [9.17, 15) is 14.0 Å². The van der Waals surface area contributed by atoms with Gasteiger partial charge in [-0.05, 0) is 55.5 Å². The number of hydrogen-bond donors (Lipinski definition) is 1. The molecule has 2 amide bonds. The maximum atomic E-state index is 13.0. The smallest absolute Gasteiger partial charge is 0.245 e. The van der Waals surface area contributed by atoms with Gasteiger partial charge in [-0.15, -0.1) is 0 Å². The summed E-state index contributed by atoms with van der Waals surface area (Å²) in [6, 6.07) is 6.54. The molecule has 0 radical (unpaired) electrons. The minimum Gasteiger partial charge on any atom is -0.371 e. The monoisotopic (exact) mass is 359 g/mol. The lowest BCUT2D eigenvalue weighted by Crippen LogP contribution is -2.45. The van der Waals surface area contributed by atoms with Crippen molar-refractivity contribution in [2.45, 2.75) is 19.3 Å². The van der Waals surface area contributed by atoms with Crippen LogP contribution in [0.25, 0.3) is 0 Å². The minimum absolute atomic E-state index is 0.0341. The Balaban J connectivity index is 1.45. The standard InChI is InChI=1S/C20H26FN3O2/c1-2-19(25)24-10-3-4-16(14-24)20(26)22-12-15-9-11-23(13-15)18-7-5-17(21)6-8-18/h2,5-8,15-16H,1,3-4,9-14H2,(H,22,26). The number of likely N-dealkylation sites (tertiary alicyclic amines) is 1. The van der Waals surface area contributed by atoms with E-state index in [4.69, 9.17) is 0 Å². The van der Waals surface area contributed by atoms with E-state index >= 15 is 0 Å². The Morgan fingerprint density at radius 1 is 1.19 bits per heavy atom. The van der Waals surface area contributed by atoms with Crippen molar-refractivity contribution in [3.63, 3.8) is 0 Å². The first-order chi connectivity index (χ1) is 12.6. The summed E-state index contributed by atoms with van der Waals surface area (Å²) in [4.78, 5) is 28.1. The summed E-state index contributed by atoms with van der Waals surface area (Å²) in [5.74, 6) is -0.0472. The molecule has 2 aliphatic rings. The Bertz CT molecular complexity index is 662. The molecule has 0 aliphatic carbocycles. The highest BCUT2D eigenvalue weighted by atomic mass is 19.1. The molecule has 6 heteroatoms. The van der Waals surface area contributed by atoms with E-state index in [1.54, 1.807) is 17.0 Å². The molecule has 3 rings (SSSR count). The van der Waals surface area contributed by atoms with E-state index in [2.05, 4.69) is 16.8 Å². The van der Waals surface area contributed by atoms with Crippen LogP contribution in [-0.4, -0.2) is 49.4 Å². The van der Waals surface area contributed by atoms with Crippen molar-refractivity contribution in [3.8, 4) is 0 Å². The Labute approximate surface area is 153 Å². The number of anilines is 1. The zero-order valence-corrected chi connectivity index (χ0v) is 15.0. The van der Waals surface area contributed by atoms with Crippen molar-refractivity contribution in [2.75, 3.05) is 37.6 Å². The van der Waals surface area contributed by atoms with Crippen LogP contribution in [0, 0.1) is 17.7 Å². The second-order valence-electron chi connectivity index (χ2n) is 7.15. The average Bonchev–Trinajstić information content (AvgIpc) is 3.15. The number of carbonyl (C=O) groups is 2. The third-order valence-electron chi connectivity index (χ3n) is 5.32. The van der Waals surface area contributed by atoms with E-state index in [1.807, 2.05) is 0 Å². The van der Waals surface area contributed by atoms with Gasteiger partial charge < -0.3 is 15.1 Å². The molecule has 0 bridgehead atoms. The molecule has 26 heavy (non-hydrogen) atoms. The first-order valence-electron chi connectivity index (χ1n) is 9.26. The summed E-state index contributed by atoms with van der Waals surface area (Å²) in [7, 11) is 0. The van der Waals surface area contributed by atoms with Crippen molar-refractivity contribution >= 4 is 17.5 Å². The maximum absolute atomic E-state index is 13.0. The van der Waals surface area contributed by atoms with Gasteiger partial charge >= 0.3 is 0 Å². The highest BCUT2D eigenvalue weighted by Gasteiger charge is 2.29. The Morgan fingerprint density at radius 3 is 2.69 bits per heavy atom. The third kappa shape index (κ3) is 4.42. The van der Waals surface area contributed by atoms with Gasteiger partial charge in [0.2, 0.25) is 11.8 Å². The lowest BCUT2D eigenvalue weighted by molar-refractivity contribution is -0.132. The van der Waals surface area contributed by atoms with Crippen LogP contribution in [-0.2, 0) is 9.59 Å². The molecular formula is C20H26FN3O2. The summed E-state index contributed by atoms with van der Waals surface area (Å²) >= 11 is 0. The number of amides is 2. The van der Waals surface area contributed by atoms with Gasteiger partial charge in [0.05, 0.1) is 5.92 Å². The van der Waals surface area contributed by atoms with Crippen LogP contribution < -0.4 is 10.2 Å². The van der Waals surface area contributed by atoms with Gasteiger partial charge in [0, 0.05) is 38.4 Å². The molecule has 140 valence electrons. The third-order valence-corrected chi connectivity index (χ3v) is 5.32. The molecule has 2 atom stereocenters. The summed E-state index contributed by atoms with van der Waals surface area (Å²) in [6.07, 6.45) is 3.98. The molecular weight excluding hydrogens is 333 g/mol. The molecule has 0 spiro atoms. The molecule has 1 N–H and O–H groups in total. The second-order valence-corrected chi connectivity index (χ2v) is 7.15. The fourth-order valence-corrected chi connectivity index (χ4v) is 3.80. The molecule has 0 saturated carbocycles. The molecule has 2 aliphatic heterocycles. The normalized spacial score (nSPS) is 23.0. The molecule has 2 unspecified atom stereocenters. The van der Waals surface area contributed by atoms with Crippen LogP contribution >= 0.6 is 0 Å². The average molecular weight is 359 g/mol. The fraction of sp³-hybridized carbons (Fsp3) is 0.500. The Kier molecular flexibility index (Phi) is 5.91. The number of rotatable bonds is 5. The van der Waals surface area contributed by atoms with Crippen LogP contribution in [0.3, 0.4) is 0 Å². The minimum atomic E-state index is -0.228. The Morgan fingerprint density at radius 2 is 1.96 bits per heavy atom. The maximum Gasteiger partial charge on any atom is 0.245 e. The molecule has 2 fully saturated rings. The van der Waals surface area contributed by atoms with E-state index in [1.165, 1.54) is 18.2 Å². The molecule has 1 aromatic carbocycles. The fourth-order valence-electron chi connectivity index (χ4n) is 3.80. The first kappa shape index (κ1) is 18.4. The van der Waals surface area contributed by atoms with E-state index in [-0.39, 0.29) is 23.5 Å². The summed E-state index contributed by atoms with van der Waals surface area (Å²) in [5, 5.41) is 3.06. The van der Waals surface area contributed by atoms with Crippen LogP contribution in [0.2, 0.25) is 0 Å². The van der Waals surface area contributed by atoms with E-state index in [0.717, 1.165) is 38.0 Å². The summed E-state index contributed by atoms with van der Waals surface area (Å²) in [5.41, 5.74) is 1.02. The molecule has 1 aromatic rings. The zero-order valence-electron chi connectivity index (χ0n) is 15.0. The SMILES string of the molecule is C=CC(=O)N1CCCC(C(=O)NCC2CCN(c3ccc(F)cc3)C2)C1. The largest absolute Gasteiger partial charge is 0.371 e. The molecule has 2 saturated heterocycles. The summed E-state index contributed by atoms with van der Waals surface area (Å²) in [6.45, 7) is 7.10. The topological polar surface area (TPSA) is 52.7 Å². The van der Waals surface area contributed by atoms with Gasteiger partial charge in [0.15, 0.2) is 0 Å². The van der Waals surface area contributed by atoms with E-state index in [0.29, 0.717) is 25.6 Å². The van der Waals surface area contributed by atoms with Crippen molar-refractivity contribution in [3.05, 3.63) is 42.7 Å². The van der Waals surface area contributed by atoms with Gasteiger partial charge in [-0.2, -0.15) is 0 Å². The number of halogens is 1. The van der Waals surface area contributed by atoms with Gasteiger partial charge in [-0.1, -0.05) is 6.58 Å². The first-order valence-corrected chi connectivity index (χ1v) is 9.26. The number of hydrogen-bond acceptors (Lipinski definition) is 3. The molecule has 2 heterocycles. The number of nitrogens with zero attached hydrogens (tertiary/aromatic N) is 2. The summed E-state index contributed by atoms with van der Waals surface area (Å²) < 4.78 is 13.0. The second kappa shape index (κ2) is 8.34. The van der Waals surface area contributed by atoms with Crippen molar-refractivity contribution in [1.82, 2.24) is 10.2 Å². The number of carbonyl (C=O) groups excluding carboxylic acids is 2. The zero-order chi connectivity index (χ0) is 18.5. The van der Waals surface area contributed by atoms with E-state index < -0.39 is 0 Å². The van der Waals surface area contributed by atoms with Gasteiger partial charge in [0.1, 0.15) is 5.82 Å². The van der Waals surface area contributed by atoms with Gasteiger partial charge in [0.25, 0.3) is 0 Å². The predicted molar refractivity (Wildman–Crippen MR) is 99.2 cm³/mol. The molecule has 0 aromatic heterocycles. The number of benzene rings is 1. The highest BCUT2D eigenvalue weighted by Crippen LogP contribution is 2.24. The number of piperidine rings is 1. The van der Waals surface area contributed by atoms with Crippen LogP contribution in [0.1, 0.15) is 19.3 Å². The highest BCUT2D eigenvalue weighted by molar-refractivity contribution is 5.88. The van der Waals surface area contributed by atoms with Crippen molar-refractivity contribution in [1.29, 1.82) is 0 Å². The molecule has 5 nitrogen and oxygen atoms in total. The van der Waals surface area contributed by atoms with Gasteiger partial charge in [-0.3, -0.25) is 9.59 Å². The van der Waals surface area contributed by atoms with Crippen LogP contribution in [0.15, 0.2) is 36.9 Å². The predicted octanol–water partition coefficient (Wildman–Crippen LogP) is 2.19. The quantitative estimate of drug-likeness (QED) is 0.820. The van der Waals surface area contributed by atoms with Gasteiger partial charge in [-0.25, -0.2) is 4.39 Å².